The van der Waals surface area contributed by atoms with Crippen LogP contribution in [0.25, 0.3) is 0 Å². The van der Waals surface area contributed by atoms with Gasteiger partial charge in [-0.15, -0.1) is 0 Å². The number of thiocarbonyl (C=S) groups is 1. The molecule has 0 saturated carbocycles. The van der Waals surface area contributed by atoms with E-state index in [1.165, 1.54) is 0 Å². The summed E-state index contributed by atoms with van der Waals surface area (Å²) in [5.74, 6) is 0.773. The van der Waals surface area contributed by atoms with Gasteiger partial charge in [-0.1, -0.05) is 24.4 Å². The lowest BCUT2D eigenvalue weighted by Crippen LogP contribution is -2.09. The first kappa shape index (κ1) is 14.0. The molecular weight excluding hydrogens is 324 g/mol. The van der Waals surface area contributed by atoms with E-state index in [1.54, 1.807) is 6.20 Å². The molecular formula is C14H13BrN2OS. The van der Waals surface area contributed by atoms with E-state index in [9.17, 15) is 0 Å². The Balaban J connectivity index is 2.12. The molecule has 0 radical (unpaired) electrons. The highest BCUT2D eigenvalue weighted by atomic mass is 79.9. The van der Waals surface area contributed by atoms with Gasteiger partial charge in [-0.25, -0.2) is 0 Å². The Labute approximate surface area is 125 Å². The molecule has 2 N–H and O–H groups in total. The summed E-state index contributed by atoms with van der Waals surface area (Å²) < 4.78 is 6.71. The fourth-order valence-corrected chi connectivity index (χ4v) is 1.91. The van der Waals surface area contributed by atoms with Crippen molar-refractivity contribution in [1.82, 2.24) is 4.98 Å². The van der Waals surface area contributed by atoms with Gasteiger partial charge in [0.15, 0.2) is 0 Å². The Morgan fingerprint density at radius 3 is 2.79 bits per heavy atom. The van der Waals surface area contributed by atoms with Crippen molar-refractivity contribution < 1.29 is 4.74 Å². The van der Waals surface area contributed by atoms with Crippen LogP contribution in [0, 0.1) is 6.92 Å². The molecule has 0 spiro atoms. The summed E-state index contributed by atoms with van der Waals surface area (Å²) in [7, 11) is 0. The van der Waals surface area contributed by atoms with Crippen LogP contribution in [0.1, 0.15) is 16.8 Å². The van der Waals surface area contributed by atoms with Crippen LogP contribution in [0.2, 0.25) is 0 Å². The molecule has 0 saturated heterocycles. The maximum atomic E-state index is 5.76. The monoisotopic (exact) mass is 336 g/mol. The second-order valence-corrected chi connectivity index (χ2v) is 5.46. The van der Waals surface area contributed by atoms with Gasteiger partial charge < -0.3 is 10.5 Å². The molecule has 2 aromatic rings. The van der Waals surface area contributed by atoms with Gasteiger partial charge in [0, 0.05) is 16.2 Å². The number of hydrogen-bond acceptors (Lipinski definition) is 3. The van der Waals surface area contributed by atoms with Crippen LogP contribution in [-0.2, 0) is 6.61 Å². The van der Waals surface area contributed by atoms with Crippen LogP contribution in [0.4, 0.5) is 0 Å². The number of benzene rings is 1. The molecule has 0 atom stereocenters. The number of halogens is 1. The molecule has 0 aliphatic carbocycles. The Morgan fingerprint density at radius 2 is 2.16 bits per heavy atom. The smallest absolute Gasteiger partial charge is 0.130 e. The van der Waals surface area contributed by atoms with Gasteiger partial charge >= 0.3 is 0 Å². The highest BCUT2D eigenvalue weighted by Gasteiger charge is 2.04. The molecule has 0 amide bonds. The standard InChI is InChI=1S/C14H13BrN2OS/c1-9-2-3-10(14(16)19)6-13(9)18-8-12-5-4-11(15)7-17-12/h2-7H,8H2,1H3,(H2,16,19). The van der Waals surface area contributed by atoms with Crippen LogP contribution >= 0.6 is 28.1 Å². The molecule has 1 aromatic heterocycles. The highest BCUT2D eigenvalue weighted by Crippen LogP contribution is 2.21. The van der Waals surface area contributed by atoms with Gasteiger partial charge in [0.05, 0.1) is 5.69 Å². The lowest BCUT2D eigenvalue weighted by Gasteiger charge is -2.10. The third-order valence-corrected chi connectivity index (χ3v) is 3.34. The first-order valence-electron chi connectivity index (χ1n) is 5.70. The van der Waals surface area contributed by atoms with Gasteiger partial charge in [0.2, 0.25) is 0 Å². The van der Waals surface area contributed by atoms with Crippen molar-refractivity contribution in [2.45, 2.75) is 13.5 Å². The van der Waals surface area contributed by atoms with Crippen LogP contribution in [0.5, 0.6) is 5.75 Å². The normalized spacial score (nSPS) is 10.2. The molecule has 2 rings (SSSR count). The van der Waals surface area contributed by atoms with Crippen LogP contribution < -0.4 is 10.5 Å². The molecule has 0 unspecified atom stereocenters. The minimum atomic E-state index is 0.367. The summed E-state index contributed by atoms with van der Waals surface area (Å²) in [4.78, 5) is 4.63. The average Bonchev–Trinajstić information content (AvgIpc) is 2.39. The molecule has 19 heavy (non-hydrogen) atoms. The number of ether oxygens (including phenoxy) is 1. The van der Waals surface area contributed by atoms with E-state index in [0.717, 1.165) is 27.0 Å². The number of nitrogens with zero attached hydrogens (tertiary/aromatic N) is 1. The predicted octanol–water partition coefficient (Wildman–Crippen LogP) is 3.37. The van der Waals surface area contributed by atoms with Crippen molar-refractivity contribution in [2.24, 2.45) is 5.73 Å². The van der Waals surface area contributed by atoms with E-state index >= 15 is 0 Å². The van der Waals surface area contributed by atoms with Crippen molar-refractivity contribution in [1.29, 1.82) is 0 Å². The third-order valence-electron chi connectivity index (χ3n) is 2.64. The number of aryl methyl sites for hydroxylation is 1. The fraction of sp³-hybridized carbons (Fsp3) is 0.143. The van der Waals surface area contributed by atoms with Gasteiger partial charge in [0.25, 0.3) is 0 Å². The molecule has 1 heterocycles. The lowest BCUT2D eigenvalue weighted by atomic mass is 10.1. The molecule has 5 heteroatoms. The third kappa shape index (κ3) is 3.75. The van der Waals surface area contributed by atoms with Crippen LogP contribution in [0.3, 0.4) is 0 Å². The van der Waals surface area contributed by atoms with Crippen molar-refractivity contribution in [2.75, 3.05) is 0 Å². The Bertz CT molecular complexity index is 599. The fourth-order valence-electron chi connectivity index (χ4n) is 1.55. The zero-order valence-corrected chi connectivity index (χ0v) is 12.8. The number of pyridine rings is 1. The zero-order chi connectivity index (χ0) is 13.8. The summed E-state index contributed by atoms with van der Waals surface area (Å²) in [6.45, 7) is 2.39. The Morgan fingerprint density at radius 1 is 1.37 bits per heavy atom. The summed E-state index contributed by atoms with van der Waals surface area (Å²) in [5, 5.41) is 0. The van der Waals surface area contributed by atoms with Gasteiger partial charge in [-0.05, 0) is 46.6 Å². The summed E-state index contributed by atoms with van der Waals surface area (Å²) in [5.41, 5.74) is 8.32. The van der Waals surface area contributed by atoms with Crippen LogP contribution in [-0.4, -0.2) is 9.97 Å². The predicted molar refractivity (Wildman–Crippen MR) is 83.3 cm³/mol. The van der Waals surface area contributed by atoms with E-state index in [2.05, 4.69) is 20.9 Å². The minimum Gasteiger partial charge on any atom is -0.487 e. The van der Waals surface area contributed by atoms with Gasteiger partial charge in [-0.2, -0.15) is 0 Å². The van der Waals surface area contributed by atoms with Crippen molar-refractivity contribution in [3.8, 4) is 5.75 Å². The second kappa shape index (κ2) is 6.12. The van der Waals surface area contributed by atoms with Crippen molar-refractivity contribution in [3.05, 3.63) is 57.8 Å². The van der Waals surface area contributed by atoms with E-state index in [0.29, 0.717) is 11.6 Å². The molecule has 0 bridgehead atoms. The lowest BCUT2D eigenvalue weighted by molar-refractivity contribution is 0.299. The quantitative estimate of drug-likeness (QED) is 0.869. The van der Waals surface area contributed by atoms with Crippen molar-refractivity contribution in [3.63, 3.8) is 0 Å². The number of nitrogens with two attached hydrogens (primary N) is 1. The van der Waals surface area contributed by atoms with E-state index in [-0.39, 0.29) is 0 Å². The maximum Gasteiger partial charge on any atom is 0.130 e. The molecule has 0 aliphatic heterocycles. The Kier molecular flexibility index (Phi) is 4.50. The second-order valence-electron chi connectivity index (χ2n) is 4.10. The summed E-state index contributed by atoms with van der Waals surface area (Å²) >= 11 is 8.31. The highest BCUT2D eigenvalue weighted by molar-refractivity contribution is 9.10. The summed E-state index contributed by atoms with van der Waals surface area (Å²) in [6, 6.07) is 9.54. The maximum absolute atomic E-state index is 5.76. The SMILES string of the molecule is Cc1ccc(C(N)=S)cc1OCc1ccc(Br)cn1. The van der Waals surface area contributed by atoms with E-state index < -0.39 is 0 Å². The largest absolute Gasteiger partial charge is 0.487 e. The Hall–Kier alpha value is -1.46. The first-order valence-corrected chi connectivity index (χ1v) is 6.90. The topological polar surface area (TPSA) is 48.1 Å². The molecule has 0 fully saturated rings. The van der Waals surface area contributed by atoms with Gasteiger partial charge in [-0.3, -0.25) is 4.98 Å². The van der Waals surface area contributed by atoms with Crippen LogP contribution in [0.15, 0.2) is 41.0 Å². The van der Waals surface area contributed by atoms with E-state index in [4.69, 9.17) is 22.7 Å². The summed E-state index contributed by atoms with van der Waals surface area (Å²) in [6.07, 6.45) is 1.75. The molecule has 3 nitrogen and oxygen atoms in total. The molecule has 1 aromatic carbocycles. The molecule has 0 aliphatic rings. The number of aromatic nitrogens is 1. The van der Waals surface area contributed by atoms with Crippen molar-refractivity contribution >= 4 is 33.1 Å². The average molecular weight is 337 g/mol. The number of rotatable bonds is 4. The zero-order valence-electron chi connectivity index (χ0n) is 10.4. The first-order chi connectivity index (χ1) is 9.06. The van der Waals surface area contributed by atoms with E-state index in [1.807, 2.05) is 37.3 Å². The molecule has 98 valence electrons. The number of hydrogen-bond donors (Lipinski definition) is 1. The minimum absolute atomic E-state index is 0.367. The van der Waals surface area contributed by atoms with Gasteiger partial charge in [0.1, 0.15) is 17.3 Å².